The molecular formula is C11H12ClN3O. The van der Waals surface area contributed by atoms with Gasteiger partial charge in [-0.2, -0.15) is 0 Å². The lowest BCUT2D eigenvalue weighted by Crippen LogP contribution is -2.13. The van der Waals surface area contributed by atoms with E-state index in [4.69, 9.17) is 16.0 Å². The van der Waals surface area contributed by atoms with Crippen LogP contribution in [0, 0.1) is 6.92 Å². The lowest BCUT2D eigenvalue weighted by Gasteiger charge is -2.01. The van der Waals surface area contributed by atoms with Crippen LogP contribution in [-0.4, -0.2) is 9.97 Å². The smallest absolute Gasteiger partial charge is 0.193 e. The molecule has 0 aromatic carbocycles. The Morgan fingerprint density at radius 3 is 2.75 bits per heavy atom. The molecule has 84 valence electrons. The molecule has 2 aromatic rings. The number of nitrogens with one attached hydrogen (secondary N) is 1. The number of hydrogen-bond donors (Lipinski definition) is 1. The summed E-state index contributed by atoms with van der Waals surface area (Å²) >= 11 is 5.66. The van der Waals surface area contributed by atoms with Gasteiger partial charge in [0.1, 0.15) is 5.76 Å². The number of nitrogens with zero attached hydrogens (tertiary/aromatic N) is 2. The predicted molar refractivity (Wildman–Crippen MR) is 61.0 cm³/mol. The fourth-order valence-corrected chi connectivity index (χ4v) is 1.43. The summed E-state index contributed by atoms with van der Waals surface area (Å²) in [5.74, 6) is 0.810. The highest BCUT2D eigenvalue weighted by molar-refractivity contribution is 6.28. The molecule has 0 aliphatic carbocycles. The first-order chi connectivity index (χ1) is 7.74. The van der Waals surface area contributed by atoms with Crippen LogP contribution in [0.3, 0.4) is 0 Å². The number of furan rings is 1. The van der Waals surface area contributed by atoms with Gasteiger partial charge in [-0.25, -0.2) is 0 Å². The Bertz CT molecular complexity index is 453. The van der Waals surface area contributed by atoms with Gasteiger partial charge in [0.05, 0.1) is 17.9 Å². The maximum absolute atomic E-state index is 5.66. The van der Waals surface area contributed by atoms with Crippen molar-refractivity contribution in [3.8, 4) is 0 Å². The highest BCUT2D eigenvalue weighted by Crippen LogP contribution is 2.12. The number of hydrogen-bond acceptors (Lipinski definition) is 4. The Hall–Kier alpha value is -1.39. The van der Waals surface area contributed by atoms with Crippen molar-refractivity contribution in [2.24, 2.45) is 0 Å². The van der Waals surface area contributed by atoms with Crippen molar-refractivity contribution in [2.75, 3.05) is 0 Å². The van der Waals surface area contributed by atoms with E-state index in [0.717, 1.165) is 17.1 Å². The Morgan fingerprint density at radius 2 is 2.12 bits per heavy atom. The van der Waals surface area contributed by atoms with E-state index in [-0.39, 0.29) is 0 Å². The summed E-state index contributed by atoms with van der Waals surface area (Å²) < 4.78 is 5.21. The Morgan fingerprint density at radius 1 is 1.25 bits per heavy atom. The summed E-state index contributed by atoms with van der Waals surface area (Å²) in [6.45, 7) is 3.20. The molecule has 0 amide bonds. The second-order valence-electron chi connectivity index (χ2n) is 3.46. The lowest BCUT2D eigenvalue weighted by molar-refractivity contribution is 0.483. The average Bonchev–Trinajstić information content (AvgIpc) is 2.67. The molecule has 0 atom stereocenters. The van der Waals surface area contributed by atoms with Gasteiger partial charge in [0, 0.05) is 18.9 Å². The highest BCUT2D eigenvalue weighted by atomic mass is 35.5. The van der Waals surface area contributed by atoms with Gasteiger partial charge in [-0.3, -0.25) is 9.97 Å². The molecule has 0 saturated heterocycles. The van der Waals surface area contributed by atoms with Gasteiger partial charge in [0.25, 0.3) is 0 Å². The van der Waals surface area contributed by atoms with E-state index in [0.29, 0.717) is 18.3 Å². The first-order valence-electron chi connectivity index (χ1n) is 4.96. The molecule has 1 N–H and O–H groups in total. The molecule has 0 aliphatic heterocycles. The molecule has 0 bridgehead atoms. The fourth-order valence-electron chi connectivity index (χ4n) is 1.27. The Kier molecular flexibility index (Phi) is 3.54. The summed E-state index contributed by atoms with van der Waals surface area (Å²) in [5, 5.41) is 3.61. The number of halogens is 1. The SMILES string of the molecule is Cc1cnc(CNCc2ccc(Cl)o2)cn1. The Labute approximate surface area is 98.7 Å². The van der Waals surface area contributed by atoms with E-state index in [1.54, 1.807) is 18.5 Å². The van der Waals surface area contributed by atoms with E-state index < -0.39 is 0 Å². The number of aryl methyl sites for hydroxylation is 1. The molecule has 0 spiro atoms. The fraction of sp³-hybridized carbons (Fsp3) is 0.273. The van der Waals surface area contributed by atoms with Gasteiger partial charge in [-0.1, -0.05) is 0 Å². The Balaban J connectivity index is 1.82. The highest BCUT2D eigenvalue weighted by Gasteiger charge is 1.99. The van der Waals surface area contributed by atoms with Crippen LogP contribution < -0.4 is 5.32 Å². The summed E-state index contributed by atoms with van der Waals surface area (Å²) in [5.41, 5.74) is 1.82. The second-order valence-corrected chi connectivity index (χ2v) is 3.83. The van der Waals surface area contributed by atoms with Crippen LogP contribution in [0.2, 0.25) is 5.22 Å². The van der Waals surface area contributed by atoms with Crippen molar-refractivity contribution in [2.45, 2.75) is 20.0 Å². The van der Waals surface area contributed by atoms with Gasteiger partial charge in [-0.05, 0) is 30.7 Å². The second kappa shape index (κ2) is 5.09. The minimum absolute atomic E-state index is 0.409. The van der Waals surface area contributed by atoms with E-state index in [2.05, 4.69) is 15.3 Å². The molecule has 2 aromatic heterocycles. The summed E-state index contributed by atoms with van der Waals surface area (Å²) in [6, 6.07) is 3.57. The molecule has 2 rings (SSSR count). The van der Waals surface area contributed by atoms with Gasteiger partial charge in [-0.15, -0.1) is 0 Å². The number of aromatic nitrogens is 2. The van der Waals surface area contributed by atoms with Crippen molar-refractivity contribution in [1.29, 1.82) is 0 Å². The molecule has 0 fully saturated rings. The van der Waals surface area contributed by atoms with Crippen molar-refractivity contribution >= 4 is 11.6 Å². The van der Waals surface area contributed by atoms with Crippen LogP contribution in [0.4, 0.5) is 0 Å². The zero-order chi connectivity index (χ0) is 11.4. The van der Waals surface area contributed by atoms with Gasteiger partial charge in [0.15, 0.2) is 5.22 Å². The minimum Gasteiger partial charge on any atom is -0.448 e. The minimum atomic E-state index is 0.409. The molecule has 0 saturated carbocycles. The zero-order valence-electron chi connectivity index (χ0n) is 8.90. The van der Waals surface area contributed by atoms with Gasteiger partial charge < -0.3 is 9.73 Å². The van der Waals surface area contributed by atoms with Crippen LogP contribution in [0.25, 0.3) is 0 Å². The third-order valence-electron chi connectivity index (χ3n) is 2.07. The third kappa shape index (κ3) is 3.05. The molecule has 2 heterocycles. The standard InChI is InChI=1S/C11H12ClN3O/c1-8-4-15-9(6-14-8)5-13-7-10-2-3-11(12)16-10/h2-4,6,13H,5,7H2,1H3. The third-order valence-corrected chi connectivity index (χ3v) is 2.27. The van der Waals surface area contributed by atoms with Crippen LogP contribution in [0.1, 0.15) is 17.1 Å². The van der Waals surface area contributed by atoms with Crippen LogP contribution in [0.15, 0.2) is 28.9 Å². The summed E-state index contributed by atoms with van der Waals surface area (Å²) in [4.78, 5) is 8.39. The van der Waals surface area contributed by atoms with E-state index in [9.17, 15) is 0 Å². The first kappa shape index (κ1) is 11.1. The molecular weight excluding hydrogens is 226 g/mol. The molecule has 4 nitrogen and oxygen atoms in total. The topological polar surface area (TPSA) is 51.0 Å². The largest absolute Gasteiger partial charge is 0.448 e. The molecule has 0 unspecified atom stereocenters. The maximum atomic E-state index is 5.66. The summed E-state index contributed by atoms with van der Waals surface area (Å²) in [6.07, 6.45) is 3.51. The van der Waals surface area contributed by atoms with E-state index >= 15 is 0 Å². The van der Waals surface area contributed by atoms with Gasteiger partial charge >= 0.3 is 0 Å². The van der Waals surface area contributed by atoms with Crippen molar-refractivity contribution < 1.29 is 4.42 Å². The van der Waals surface area contributed by atoms with Crippen molar-refractivity contribution in [3.63, 3.8) is 0 Å². The normalized spacial score (nSPS) is 10.6. The monoisotopic (exact) mass is 237 g/mol. The number of rotatable bonds is 4. The molecule has 0 aliphatic rings. The van der Waals surface area contributed by atoms with Crippen molar-refractivity contribution in [3.05, 3.63) is 46.9 Å². The average molecular weight is 238 g/mol. The quantitative estimate of drug-likeness (QED) is 0.887. The van der Waals surface area contributed by atoms with Crippen LogP contribution in [0.5, 0.6) is 0 Å². The summed E-state index contributed by atoms with van der Waals surface area (Å²) in [7, 11) is 0. The van der Waals surface area contributed by atoms with Gasteiger partial charge in [0.2, 0.25) is 0 Å². The van der Waals surface area contributed by atoms with Crippen LogP contribution in [-0.2, 0) is 13.1 Å². The maximum Gasteiger partial charge on any atom is 0.193 e. The van der Waals surface area contributed by atoms with Crippen molar-refractivity contribution in [1.82, 2.24) is 15.3 Å². The zero-order valence-corrected chi connectivity index (χ0v) is 9.66. The predicted octanol–water partition coefficient (Wildman–Crippen LogP) is 2.32. The van der Waals surface area contributed by atoms with E-state index in [1.807, 2.05) is 13.0 Å². The first-order valence-corrected chi connectivity index (χ1v) is 5.34. The van der Waals surface area contributed by atoms with E-state index in [1.165, 1.54) is 0 Å². The lowest BCUT2D eigenvalue weighted by atomic mass is 10.4. The molecule has 0 radical (unpaired) electrons. The molecule has 5 heteroatoms. The van der Waals surface area contributed by atoms with Crippen LogP contribution >= 0.6 is 11.6 Å². The molecule has 16 heavy (non-hydrogen) atoms.